The fraction of sp³-hybridized carbons (Fsp3) is 0.421. The topological polar surface area (TPSA) is 67.0 Å². The van der Waals surface area contributed by atoms with Crippen LogP contribution in [0.1, 0.15) is 19.4 Å². The van der Waals surface area contributed by atoms with Crippen molar-refractivity contribution in [1.82, 2.24) is 24.5 Å². The zero-order chi connectivity index (χ0) is 19.9. The quantitative estimate of drug-likeness (QED) is 0.480. The van der Waals surface area contributed by atoms with Crippen LogP contribution in [0.25, 0.3) is 11.4 Å². The monoisotopic (exact) mass is 405 g/mol. The number of ether oxygens (including phenoxy) is 2. The van der Waals surface area contributed by atoms with E-state index >= 15 is 0 Å². The Morgan fingerprint density at radius 1 is 1.18 bits per heavy atom. The first-order chi connectivity index (χ1) is 13.7. The predicted molar refractivity (Wildman–Crippen MR) is 106 cm³/mol. The molecule has 0 radical (unpaired) electrons. The van der Waals surface area contributed by atoms with Crippen LogP contribution >= 0.6 is 11.8 Å². The second-order valence-electron chi connectivity index (χ2n) is 5.97. The Hall–Kier alpha value is -2.39. The van der Waals surface area contributed by atoms with E-state index in [2.05, 4.69) is 15.3 Å². The minimum Gasteiger partial charge on any atom is -0.476 e. The van der Waals surface area contributed by atoms with E-state index in [1.54, 1.807) is 19.2 Å². The highest BCUT2D eigenvalue weighted by molar-refractivity contribution is 7.98. The van der Waals surface area contributed by atoms with Gasteiger partial charge in [0.15, 0.2) is 11.0 Å². The van der Waals surface area contributed by atoms with E-state index in [1.807, 2.05) is 35.4 Å². The second-order valence-corrected chi connectivity index (χ2v) is 6.91. The Bertz CT molecular complexity index is 912. The summed E-state index contributed by atoms with van der Waals surface area (Å²) in [6.45, 7) is 6.24. The van der Waals surface area contributed by atoms with Crippen LogP contribution in [-0.2, 0) is 23.6 Å². The van der Waals surface area contributed by atoms with Crippen LogP contribution in [0.4, 0.5) is 4.39 Å². The van der Waals surface area contributed by atoms with Crippen molar-refractivity contribution in [3.63, 3.8) is 0 Å². The van der Waals surface area contributed by atoms with E-state index in [1.165, 1.54) is 17.8 Å². The van der Waals surface area contributed by atoms with Crippen molar-refractivity contribution in [3.8, 4) is 17.3 Å². The second kappa shape index (κ2) is 9.70. The summed E-state index contributed by atoms with van der Waals surface area (Å²) in [5.74, 6) is 1.43. The zero-order valence-electron chi connectivity index (χ0n) is 16.3. The molecule has 3 aromatic rings. The van der Waals surface area contributed by atoms with Gasteiger partial charge in [0.2, 0.25) is 5.88 Å². The average Bonchev–Trinajstić information content (AvgIpc) is 3.29. The summed E-state index contributed by atoms with van der Waals surface area (Å²) in [4.78, 5) is 0. The van der Waals surface area contributed by atoms with Gasteiger partial charge in [-0.2, -0.15) is 0 Å². The largest absolute Gasteiger partial charge is 0.476 e. The van der Waals surface area contributed by atoms with Crippen molar-refractivity contribution in [3.05, 3.63) is 41.8 Å². The first kappa shape index (κ1) is 20.3. The van der Waals surface area contributed by atoms with E-state index in [9.17, 15) is 4.39 Å². The number of hydrogen-bond donors (Lipinski definition) is 0. The lowest BCUT2D eigenvalue weighted by atomic mass is 10.2. The maximum absolute atomic E-state index is 13.9. The number of benzene rings is 1. The van der Waals surface area contributed by atoms with Crippen molar-refractivity contribution < 1.29 is 13.9 Å². The molecular weight excluding hydrogens is 381 g/mol. The number of hydrogen-bond acceptors (Lipinski definition) is 6. The van der Waals surface area contributed by atoms with Crippen molar-refractivity contribution in [2.75, 3.05) is 20.3 Å². The van der Waals surface area contributed by atoms with Crippen LogP contribution in [-0.4, -0.2) is 44.9 Å². The van der Waals surface area contributed by atoms with Gasteiger partial charge in [-0.15, -0.1) is 15.3 Å². The molecule has 0 aliphatic heterocycles. The minimum absolute atomic E-state index is 0.221. The van der Waals surface area contributed by atoms with Crippen molar-refractivity contribution >= 4 is 11.8 Å². The van der Waals surface area contributed by atoms with Crippen LogP contribution in [0.2, 0.25) is 0 Å². The number of halogens is 1. The number of thioether (sulfide) groups is 1. The molecule has 2 heterocycles. The molecular formula is C19H24FN5O2S. The highest BCUT2D eigenvalue weighted by Gasteiger charge is 2.21. The van der Waals surface area contributed by atoms with E-state index in [-0.39, 0.29) is 5.82 Å². The van der Waals surface area contributed by atoms with Gasteiger partial charge in [-0.05, 0) is 25.5 Å². The molecule has 150 valence electrons. The van der Waals surface area contributed by atoms with Gasteiger partial charge in [-0.3, -0.25) is 9.25 Å². The van der Waals surface area contributed by atoms with Crippen molar-refractivity contribution in [1.29, 1.82) is 0 Å². The van der Waals surface area contributed by atoms with Crippen molar-refractivity contribution in [2.45, 2.75) is 37.8 Å². The lowest BCUT2D eigenvalue weighted by molar-refractivity contribution is 0.185. The van der Waals surface area contributed by atoms with Crippen LogP contribution in [0.3, 0.4) is 0 Å². The summed E-state index contributed by atoms with van der Waals surface area (Å²) in [6.07, 6.45) is 1.91. The highest BCUT2D eigenvalue weighted by Crippen LogP contribution is 2.31. The third kappa shape index (κ3) is 4.53. The number of nitrogens with zero attached hydrogens (tertiary/aromatic N) is 5. The first-order valence-corrected chi connectivity index (χ1v) is 10.1. The maximum Gasteiger partial charge on any atom is 0.243 e. The Morgan fingerprint density at radius 3 is 2.71 bits per heavy atom. The number of methoxy groups -OCH3 is 1. The van der Waals surface area contributed by atoms with E-state index in [4.69, 9.17) is 9.47 Å². The third-order valence-corrected chi connectivity index (χ3v) is 5.14. The highest BCUT2D eigenvalue weighted by atomic mass is 32.2. The lowest BCUT2D eigenvalue weighted by Gasteiger charge is -2.10. The summed E-state index contributed by atoms with van der Waals surface area (Å²) in [6, 6.07) is 6.75. The number of aromatic nitrogens is 5. The Morgan fingerprint density at radius 2 is 2.00 bits per heavy atom. The molecule has 0 aliphatic rings. The molecule has 0 unspecified atom stereocenters. The average molecular weight is 405 g/mol. The van der Waals surface area contributed by atoms with Gasteiger partial charge in [-0.1, -0.05) is 30.0 Å². The molecule has 9 heteroatoms. The van der Waals surface area contributed by atoms with Crippen LogP contribution in [0, 0.1) is 5.82 Å². The molecule has 0 atom stereocenters. The standard InChI is InChI=1S/C19H24FN5O2S/c1-4-24-12-15(18(23-24)27-5-2)17-21-22-19(25(17)10-11-26-3)28-13-14-8-6-7-9-16(14)20/h6-9,12H,4-5,10-11,13H2,1-3H3. The van der Waals surface area contributed by atoms with Crippen LogP contribution < -0.4 is 4.74 Å². The zero-order valence-corrected chi connectivity index (χ0v) is 17.1. The van der Waals surface area contributed by atoms with Gasteiger partial charge in [0, 0.05) is 25.6 Å². The van der Waals surface area contributed by atoms with Gasteiger partial charge in [0.1, 0.15) is 11.4 Å². The Kier molecular flexibility index (Phi) is 7.05. The summed E-state index contributed by atoms with van der Waals surface area (Å²) in [5.41, 5.74) is 1.41. The van der Waals surface area contributed by atoms with Gasteiger partial charge in [0.05, 0.1) is 19.8 Å². The Balaban J connectivity index is 1.92. The van der Waals surface area contributed by atoms with E-state index in [0.717, 1.165) is 12.1 Å². The lowest BCUT2D eigenvalue weighted by Crippen LogP contribution is -2.08. The van der Waals surface area contributed by atoms with Crippen LogP contribution in [0.5, 0.6) is 5.88 Å². The molecule has 0 saturated carbocycles. The molecule has 2 aromatic heterocycles. The summed E-state index contributed by atoms with van der Waals surface area (Å²) >= 11 is 1.44. The molecule has 0 fully saturated rings. The van der Waals surface area contributed by atoms with Crippen LogP contribution in [0.15, 0.2) is 35.6 Å². The fourth-order valence-corrected chi connectivity index (χ4v) is 3.65. The normalized spacial score (nSPS) is 11.1. The van der Waals surface area contributed by atoms with Crippen molar-refractivity contribution in [2.24, 2.45) is 0 Å². The molecule has 1 aromatic carbocycles. The van der Waals surface area contributed by atoms with Gasteiger partial charge >= 0.3 is 0 Å². The van der Waals surface area contributed by atoms with E-state index < -0.39 is 0 Å². The van der Waals surface area contributed by atoms with E-state index in [0.29, 0.717) is 47.9 Å². The minimum atomic E-state index is -0.221. The molecule has 0 spiro atoms. The molecule has 0 saturated heterocycles. The Labute approximate surface area is 167 Å². The summed E-state index contributed by atoms with van der Waals surface area (Å²) in [7, 11) is 1.65. The third-order valence-electron chi connectivity index (χ3n) is 4.12. The molecule has 0 N–H and O–H groups in total. The first-order valence-electron chi connectivity index (χ1n) is 9.16. The molecule has 0 bridgehead atoms. The molecule has 7 nitrogen and oxygen atoms in total. The molecule has 0 amide bonds. The number of rotatable bonds is 10. The molecule has 0 aliphatic carbocycles. The fourth-order valence-electron chi connectivity index (χ4n) is 2.70. The maximum atomic E-state index is 13.9. The number of aryl methyl sites for hydroxylation is 1. The summed E-state index contributed by atoms with van der Waals surface area (Å²) < 4.78 is 28.7. The summed E-state index contributed by atoms with van der Waals surface area (Å²) in [5, 5.41) is 13.9. The van der Waals surface area contributed by atoms with Gasteiger partial charge < -0.3 is 9.47 Å². The molecule has 28 heavy (non-hydrogen) atoms. The SMILES string of the molecule is CCOc1nn(CC)cc1-c1nnc(SCc2ccccc2F)n1CCOC. The van der Waals surface area contributed by atoms with Gasteiger partial charge in [-0.25, -0.2) is 4.39 Å². The predicted octanol–water partition coefficient (Wildman–Crippen LogP) is 3.64. The van der Waals surface area contributed by atoms with Gasteiger partial charge in [0.25, 0.3) is 0 Å². The molecule has 3 rings (SSSR count). The smallest absolute Gasteiger partial charge is 0.243 e.